The van der Waals surface area contributed by atoms with E-state index in [2.05, 4.69) is 64.5 Å². The number of rotatable bonds is 5. The Balaban J connectivity index is 1.67. The molecule has 3 rings (SSSR count). The van der Waals surface area contributed by atoms with Crippen molar-refractivity contribution in [2.45, 2.75) is 18.8 Å². The number of halogens is 1. The van der Waals surface area contributed by atoms with Crippen molar-refractivity contribution in [2.75, 3.05) is 6.61 Å². The number of aliphatic hydroxyl groups excluding tert-OH is 1. The minimum Gasteiger partial charge on any atom is -0.396 e. The van der Waals surface area contributed by atoms with Gasteiger partial charge in [0.25, 0.3) is 0 Å². The topological polar surface area (TPSA) is 20.2 Å². The Labute approximate surface area is 128 Å². The molecule has 1 fully saturated rings. The van der Waals surface area contributed by atoms with Crippen LogP contribution in [0.5, 0.6) is 0 Å². The smallest absolute Gasteiger partial charge is 0.0465 e. The summed E-state index contributed by atoms with van der Waals surface area (Å²) in [5.74, 6) is 1.64. The Bertz CT molecular complexity index is 567. The van der Waals surface area contributed by atoms with Crippen LogP contribution in [0.2, 0.25) is 0 Å². The second kappa shape index (κ2) is 6.11. The van der Waals surface area contributed by atoms with Crippen molar-refractivity contribution in [3.8, 4) is 0 Å². The maximum atomic E-state index is 9.72. The molecule has 0 heterocycles. The summed E-state index contributed by atoms with van der Waals surface area (Å²) < 4.78 is 1.11. The predicted octanol–water partition coefficient (Wildman–Crippen LogP) is 4.40. The first-order chi connectivity index (χ1) is 9.78. The van der Waals surface area contributed by atoms with E-state index in [0.717, 1.165) is 10.9 Å². The lowest BCUT2D eigenvalue weighted by Gasteiger charge is -2.14. The van der Waals surface area contributed by atoms with E-state index in [1.54, 1.807) is 0 Å². The van der Waals surface area contributed by atoms with E-state index in [0.29, 0.717) is 17.8 Å². The van der Waals surface area contributed by atoms with Gasteiger partial charge >= 0.3 is 0 Å². The molecule has 3 atom stereocenters. The highest BCUT2D eigenvalue weighted by Gasteiger charge is 2.43. The van der Waals surface area contributed by atoms with Crippen LogP contribution >= 0.6 is 15.9 Å². The van der Waals surface area contributed by atoms with Crippen molar-refractivity contribution in [1.82, 2.24) is 0 Å². The molecule has 3 unspecified atom stereocenters. The van der Waals surface area contributed by atoms with Crippen LogP contribution in [0, 0.1) is 11.8 Å². The van der Waals surface area contributed by atoms with Gasteiger partial charge in [-0.3, -0.25) is 0 Å². The molecule has 1 aliphatic rings. The Morgan fingerprint density at radius 1 is 1.10 bits per heavy atom. The third kappa shape index (κ3) is 3.13. The highest BCUT2D eigenvalue weighted by molar-refractivity contribution is 9.10. The van der Waals surface area contributed by atoms with Gasteiger partial charge in [0.2, 0.25) is 0 Å². The van der Waals surface area contributed by atoms with E-state index >= 15 is 0 Å². The molecule has 0 radical (unpaired) electrons. The first kappa shape index (κ1) is 13.8. The summed E-state index contributed by atoms with van der Waals surface area (Å²) in [7, 11) is 0. The predicted molar refractivity (Wildman–Crippen MR) is 85.7 cm³/mol. The van der Waals surface area contributed by atoms with Crippen molar-refractivity contribution in [3.63, 3.8) is 0 Å². The third-order valence-electron chi connectivity index (χ3n) is 4.29. The summed E-state index contributed by atoms with van der Waals surface area (Å²) in [5.41, 5.74) is 2.72. The molecular formula is C18H19BrO. The average Bonchev–Trinajstić information content (AvgIpc) is 3.26. The van der Waals surface area contributed by atoms with Crippen LogP contribution in [-0.2, 0) is 6.42 Å². The van der Waals surface area contributed by atoms with Crippen molar-refractivity contribution in [2.24, 2.45) is 11.8 Å². The van der Waals surface area contributed by atoms with E-state index in [-0.39, 0.29) is 6.61 Å². The quantitative estimate of drug-likeness (QED) is 0.861. The number of benzene rings is 2. The maximum absolute atomic E-state index is 9.72. The van der Waals surface area contributed by atoms with Crippen molar-refractivity contribution in [1.29, 1.82) is 0 Å². The second-order valence-electron chi connectivity index (χ2n) is 5.69. The largest absolute Gasteiger partial charge is 0.396 e. The Morgan fingerprint density at radius 3 is 2.60 bits per heavy atom. The zero-order chi connectivity index (χ0) is 13.9. The molecule has 104 valence electrons. The molecule has 2 aromatic carbocycles. The average molecular weight is 331 g/mol. The van der Waals surface area contributed by atoms with Gasteiger partial charge in [-0.1, -0.05) is 58.4 Å². The van der Waals surface area contributed by atoms with Crippen molar-refractivity contribution >= 4 is 15.9 Å². The SMILES string of the molecule is OCC(Cc1cccc(Br)c1)C1CC1c1ccccc1. The summed E-state index contributed by atoms with van der Waals surface area (Å²) in [6.07, 6.45) is 2.17. The van der Waals surface area contributed by atoms with E-state index < -0.39 is 0 Å². The normalized spacial score (nSPS) is 22.5. The van der Waals surface area contributed by atoms with Crippen LogP contribution in [0.4, 0.5) is 0 Å². The monoisotopic (exact) mass is 330 g/mol. The van der Waals surface area contributed by atoms with Crippen molar-refractivity contribution < 1.29 is 5.11 Å². The standard InChI is InChI=1S/C18H19BrO/c19-16-8-4-5-13(10-16)9-15(12-20)18-11-17(18)14-6-2-1-3-7-14/h1-8,10,15,17-18,20H,9,11-12H2. The summed E-state index contributed by atoms with van der Waals surface area (Å²) in [6.45, 7) is 0.278. The van der Waals surface area contributed by atoms with Gasteiger partial charge in [-0.15, -0.1) is 0 Å². The molecular weight excluding hydrogens is 312 g/mol. The van der Waals surface area contributed by atoms with Gasteiger partial charge in [0, 0.05) is 11.1 Å². The minimum atomic E-state index is 0.278. The molecule has 2 aromatic rings. The zero-order valence-corrected chi connectivity index (χ0v) is 13.0. The first-order valence-corrected chi connectivity index (χ1v) is 7.97. The van der Waals surface area contributed by atoms with E-state index in [1.165, 1.54) is 17.5 Å². The molecule has 0 saturated heterocycles. The van der Waals surface area contributed by atoms with Crippen molar-refractivity contribution in [3.05, 3.63) is 70.2 Å². The Hall–Kier alpha value is -1.12. The lowest BCUT2D eigenvalue weighted by molar-refractivity contribution is 0.207. The zero-order valence-electron chi connectivity index (χ0n) is 11.4. The number of hydrogen-bond donors (Lipinski definition) is 1. The molecule has 0 bridgehead atoms. The summed E-state index contributed by atoms with van der Waals surface area (Å²) in [4.78, 5) is 0. The molecule has 2 heteroatoms. The van der Waals surface area contributed by atoms with Gasteiger partial charge in [0.1, 0.15) is 0 Å². The molecule has 20 heavy (non-hydrogen) atoms. The summed E-state index contributed by atoms with van der Waals surface area (Å²) in [6, 6.07) is 19.1. The van der Waals surface area contributed by atoms with Gasteiger partial charge in [-0.2, -0.15) is 0 Å². The van der Waals surface area contributed by atoms with Gasteiger partial charge in [0.05, 0.1) is 0 Å². The number of hydrogen-bond acceptors (Lipinski definition) is 1. The molecule has 1 N–H and O–H groups in total. The maximum Gasteiger partial charge on any atom is 0.0465 e. The van der Waals surface area contributed by atoms with Crippen LogP contribution in [-0.4, -0.2) is 11.7 Å². The molecule has 0 amide bonds. The first-order valence-electron chi connectivity index (χ1n) is 7.18. The van der Waals surface area contributed by atoms with Gasteiger partial charge < -0.3 is 5.11 Å². The minimum absolute atomic E-state index is 0.278. The fraction of sp³-hybridized carbons (Fsp3) is 0.333. The van der Waals surface area contributed by atoms with Gasteiger partial charge in [-0.05, 0) is 53.9 Å². The second-order valence-corrected chi connectivity index (χ2v) is 6.61. The van der Waals surface area contributed by atoms with Crippen LogP contribution < -0.4 is 0 Å². The van der Waals surface area contributed by atoms with Crippen LogP contribution in [0.3, 0.4) is 0 Å². The van der Waals surface area contributed by atoms with Crippen LogP contribution in [0.25, 0.3) is 0 Å². The molecule has 0 aliphatic heterocycles. The lowest BCUT2D eigenvalue weighted by atomic mass is 9.93. The highest BCUT2D eigenvalue weighted by Crippen LogP contribution is 2.52. The van der Waals surface area contributed by atoms with Crippen LogP contribution in [0.15, 0.2) is 59.1 Å². The molecule has 1 saturated carbocycles. The molecule has 1 aliphatic carbocycles. The Morgan fingerprint density at radius 2 is 1.90 bits per heavy atom. The highest BCUT2D eigenvalue weighted by atomic mass is 79.9. The van der Waals surface area contributed by atoms with Gasteiger partial charge in [-0.25, -0.2) is 0 Å². The molecule has 0 aromatic heterocycles. The van der Waals surface area contributed by atoms with E-state index in [9.17, 15) is 5.11 Å². The van der Waals surface area contributed by atoms with Crippen LogP contribution in [0.1, 0.15) is 23.5 Å². The number of aliphatic hydroxyl groups is 1. The summed E-state index contributed by atoms with van der Waals surface area (Å²) in [5, 5.41) is 9.72. The van der Waals surface area contributed by atoms with E-state index in [4.69, 9.17) is 0 Å². The van der Waals surface area contributed by atoms with E-state index in [1.807, 2.05) is 6.07 Å². The summed E-state index contributed by atoms with van der Waals surface area (Å²) >= 11 is 3.51. The Kier molecular flexibility index (Phi) is 4.23. The third-order valence-corrected chi connectivity index (χ3v) is 4.79. The molecule has 0 spiro atoms. The molecule has 1 nitrogen and oxygen atoms in total. The fourth-order valence-electron chi connectivity index (χ4n) is 3.14. The van der Waals surface area contributed by atoms with Gasteiger partial charge in [0.15, 0.2) is 0 Å². The lowest BCUT2D eigenvalue weighted by Crippen LogP contribution is -2.13. The fourth-order valence-corrected chi connectivity index (χ4v) is 3.58.